The molecule has 0 spiro atoms. The van der Waals surface area contributed by atoms with E-state index in [1.807, 2.05) is 30.4 Å². The van der Waals surface area contributed by atoms with Crippen LogP contribution in [0.2, 0.25) is 0 Å². The summed E-state index contributed by atoms with van der Waals surface area (Å²) in [6.45, 7) is 11.5. The van der Waals surface area contributed by atoms with E-state index < -0.39 is 0 Å². The monoisotopic (exact) mass is 307 g/mol. The van der Waals surface area contributed by atoms with E-state index >= 15 is 0 Å². The molecular weight excluding hydrogens is 282 g/mol. The lowest BCUT2D eigenvalue weighted by molar-refractivity contribution is -0.130. The summed E-state index contributed by atoms with van der Waals surface area (Å²) in [6.07, 6.45) is 0. The number of carbonyl (C=O) groups is 2. The lowest BCUT2D eigenvalue weighted by atomic mass is 10.3. The van der Waals surface area contributed by atoms with E-state index in [1.165, 1.54) is 0 Å². The fourth-order valence-corrected chi connectivity index (χ4v) is 2.79. The summed E-state index contributed by atoms with van der Waals surface area (Å²) >= 11 is 0. The normalized spacial score (nSPS) is 15.9. The minimum atomic E-state index is -0.0295. The number of hydrogen-bond acceptors (Lipinski definition) is 4. The van der Waals surface area contributed by atoms with Gasteiger partial charge in [0.25, 0.3) is 0 Å². The minimum Gasteiger partial charge on any atom is -0.340 e. The lowest BCUT2D eigenvalue weighted by Crippen LogP contribution is -2.49. The van der Waals surface area contributed by atoms with Gasteiger partial charge in [-0.3, -0.25) is 19.2 Å². The van der Waals surface area contributed by atoms with Crippen molar-refractivity contribution >= 4 is 17.5 Å². The minimum absolute atomic E-state index is 0.0295. The SMILES string of the molecule is CCn1nc(C)c(NC(=O)CN2CCN(C(C)=O)CC2)c1C. The van der Waals surface area contributed by atoms with Crippen molar-refractivity contribution in [3.63, 3.8) is 0 Å². The topological polar surface area (TPSA) is 70.5 Å². The molecule has 2 rings (SSSR count). The Hall–Kier alpha value is -1.89. The van der Waals surface area contributed by atoms with Gasteiger partial charge in [-0.05, 0) is 20.8 Å². The van der Waals surface area contributed by atoms with Crippen molar-refractivity contribution in [1.29, 1.82) is 0 Å². The quantitative estimate of drug-likeness (QED) is 0.885. The van der Waals surface area contributed by atoms with E-state index in [0.29, 0.717) is 19.6 Å². The molecule has 0 radical (unpaired) electrons. The molecular formula is C15H25N5O2. The van der Waals surface area contributed by atoms with Gasteiger partial charge in [-0.25, -0.2) is 0 Å². The van der Waals surface area contributed by atoms with Crippen molar-refractivity contribution in [2.45, 2.75) is 34.2 Å². The third-order valence-corrected chi connectivity index (χ3v) is 4.13. The summed E-state index contributed by atoms with van der Waals surface area (Å²) in [5.41, 5.74) is 2.64. The molecule has 7 heteroatoms. The van der Waals surface area contributed by atoms with E-state index in [1.54, 1.807) is 6.92 Å². The second-order valence-electron chi connectivity index (χ2n) is 5.69. The van der Waals surface area contributed by atoms with Crippen LogP contribution in [0.25, 0.3) is 0 Å². The highest BCUT2D eigenvalue weighted by atomic mass is 16.2. The summed E-state index contributed by atoms with van der Waals surface area (Å²) < 4.78 is 1.89. The molecule has 0 saturated carbocycles. The molecule has 0 atom stereocenters. The van der Waals surface area contributed by atoms with Gasteiger partial charge in [0.05, 0.1) is 23.6 Å². The van der Waals surface area contributed by atoms with Crippen LogP contribution in [-0.2, 0) is 16.1 Å². The van der Waals surface area contributed by atoms with Crippen molar-refractivity contribution in [1.82, 2.24) is 19.6 Å². The molecule has 122 valence electrons. The van der Waals surface area contributed by atoms with Crippen molar-refractivity contribution in [3.8, 4) is 0 Å². The summed E-state index contributed by atoms with van der Waals surface area (Å²) in [6, 6.07) is 0. The zero-order valence-corrected chi connectivity index (χ0v) is 13.8. The second-order valence-corrected chi connectivity index (χ2v) is 5.69. The Morgan fingerprint density at radius 2 is 1.82 bits per heavy atom. The molecule has 1 aliphatic rings. The number of rotatable bonds is 4. The molecule has 1 N–H and O–H groups in total. The van der Waals surface area contributed by atoms with E-state index in [4.69, 9.17) is 0 Å². The average molecular weight is 307 g/mol. The van der Waals surface area contributed by atoms with E-state index in [-0.39, 0.29) is 11.8 Å². The highest BCUT2D eigenvalue weighted by Crippen LogP contribution is 2.19. The third kappa shape index (κ3) is 3.65. The Kier molecular flexibility index (Phi) is 5.18. The number of piperazine rings is 1. The number of nitrogens with zero attached hydrogens (tertiary/aromatic N) is 4. The smallest absolute Gasteiger partial charge is 0.238 e. The Labute approximate surface area is 131 Å². The molecule has 0 aromatic carbocycles. The largest absolute Gasteiger partial charge is 0.340 e. The Bertz CT molecular complexity index is 559. The number of carbonyl (C=O) groups excluding carboxylic acids is 2. The average Bonchev–Trinajstić information content (AvgIpc) is 2.75. The van der Waals surface area contributed by atoms with Gasteiger partial charge >= 0.3 is 0 Å². The van der Waals surface area contributed by atoms with Crippen molar-refractivity contribution < 1.29 is 9.59 Å². The predicted molar refractivity (Wildman–Crippen MR) is 84.7 cm³/mol. The van der Waals surface area contributed by atoms with Gasteiger partial charge in [-0.1, -0.05) is 0 Å². The summed E-state index contributed by atoms with van der Waals surface area (Å²) in [5.74, 6) is 0.0699. The van der Waals surface area contributed by atoms with Crippen molar-refractivity contribution in [3.05, 3.63) is 11.4 Å². The highest BCUT2D eigenvalue weighted by Gasteiger charge is 2.21. The summed E-state index contributed by atoms with van der Waals surface area (Å²) in [7, 11) is 0. The Morgan fingerprint density at radius 1 is 1.18 bits per heavy atom. The molecule has 2 heterocycles. The molecule has 22 heavy (non-hydrogen) atoms. The zero-order valence-electron chi connectivity index (χ0n) is 13.8. The Balaban J connectivity index is 1.89. The van der Waals surface area contributed by atoms with Crippen LogP contribution in [0.15, 0.2) is 0 Å². The molecule has 0 aliphatic carbocycles. The standard InChI is InChI=1S/C15H25N5O2/c1-5-20-12(3)15(11(2)17-20)16-14(22)10-18-6-8-19(9-7-18)13(4)21/h5-10H2,1-4H3,(H,16,22). The van der Waals surface area contributed by atoms with E-state index in [9.17, 15) is 9.59 Å². The van der Waals surface area contributed by atoms with Gasteiger partial charge in [0, 0.05) is 39.6 Å². The highest BCUT2D eigenvalue weighted by molar-refractivity contribution is 5.93. The first kappa shape index (κ1) is 16.5. The van der Waals surface area contributed by atoms with Gasteiger partial charge in [0.15, 0.2) is 0 Å². The molecule has 0 unspecified atom stereocenters. The fraction of sp³-hybridized carbons (Fsp3) is 0.667. The van der Waals surface area contributed by atoms with Crippen LogP contribution in [-0.4, -0.2) is 64.1 Å². The molecule has 1 aromatic heterocycles. The molecule has 2 amide bonds. The van der Waals surface area contributed by atoms with Crippen LogP contribution in [0.5, 0.6) is 0 Å². The van der Waals surface area contributed by atoms with Crippen LogP contribution in [0, 0.1) is 13.8 Å². The zero-order chi connectivity index (χ0) is 16.3. The summed E-state index contributed by atoms with van der Waals surface area (Å²) in [4.78, 5) is 27.4. The first-order valence-electron chi connectivity index (χ1n) is 7.74. The molecule has 1 saturated heterocycles. The van der Waals surface area contributed by atoms with Crippen LogP contribution >= 0.6 is 0 Å². The second kappa shape index (κ2) is 6.91. The first-order valence-corrected chi connectivity index (χ1v) is 7.74. The number of aryl methyl sites for hydroxylation is 2. The molecule has 1 aromatic rings. The van der Waals surface area contributed by atoms with Crippen molar-refractivity contribution in [2.75, 3.05) is 38.0 Å². The molecule has 1 fully saturated rings. The number of nitrogens with one attached hydrogen (secondary N) is 1. The van der Waals surface area contributed by atoms with Gasteiger partial charge in [0.1, 0.15) is 0 Å². The Morgan fingerprint density at radius 3 is 2.32 bits per heavy atom. The number of anilines is 1. The molecule has 7 nitrogen and oxygen atoms in total. The summed E-state index contributed by atoms with van der Waals surface area (Å²) in [5, 5.41) is 7.37. The fourth-order valence-electron chi connectivity index (χ4n) is 2.79. The number of aromatic nitrogens is 2. The third-order valence-electron chi connectivity index (χ3n) is 4.13. The van der Waals surface area contributed by atoms with Gasteiger partial charge in [0.2, 0.25) is 11.8 Å². The van der Waals surface area contributed by atoms with Crippen LogP contribution in [0.1, 0.15) is 25.2 Å². The first-order chi connectivity index (χ1) is 10.4. The van der Waals surface area contributed by atoms with Gasteiger partial charge < -0.3 is 10.2 Å². The maximum Gasteiger partial charge on any atom is 0.238 e. The maximum atomic E-state index is 12.2. The van der Waals surface area contributed by atoms with E-state index in [0.717, 1.165) is 36.7 Å². The predicted octanol–water partition coefficient (Wildman–Crippen LogP) is 0.622. The maximum absolute atomic E-state index is 12.2. The van der Waals surface area contributed by atoms with Crippen molar-refractivity contribution in [2.24, 2.45) is 0 Å². The van der Waals surface area contributed by atoms with Gasteiger partial charge in [-0.2, -0.15) is 5.10 Å². The van der Waals surface area contributed by atoms with Crippen LogP contribution < -0.4 is 5.32 Å². The number of amides is 2. The van der Waals surface area contributed by atoms with Gasteiger partial charge in [-0.15, -0.1) is 0 Å². The van der Waals surface area contributed by atoms with Crippen LogP contribution in [0.4, 0.5) is 5.69 Å². The lowest BCUT2D eigenvalue weighted by Gasteiger charge is -2.33. The van der Waals surface area contributed by atoms with E-state index in [2.05, 4.69) is 15.3 Å². The molecule has 1 aliphatic heterocycles. The molecule has 0 bridgehead atoms. The van der Waals surface area contributed by atoms with Crippen LogP contribution in [0.3, 0.4) is 0 Å². The number of hydrogen-bond donors (Lipinski definition) is 1.